The Morgan fingerprint density at radius 2 is 2.10 bits per heavy atom. The van der Waals surface area contributed by atoms with Gasteiger partial charge in [-0.15, -0.1) is 0 Å². The first-order chi connectivity index (χ1) is 9.75. The topological polar surface area (TPSA) is 37.2 Å². The van der Waals surface area contributed by atoms with Crippen molar-refractivity contribution >= 4 is 46.4 Å². The fourth-order valence-corrected chi connectivity index (χ4v) is 2.68. The van der Waals surface area contributed by atoms with Gasteiger partial charge in [0.05, 0.1) is 22.7 Å². The number of nitrogens with one attached hydrogen (secondary N) is 2. The molecule has 0 amide bonds. The SMILES string of the molecule is S=C(NCCSCc1ccco1)Nc1ccccc1Cl. The summed E-state index contributed by atoms with van der Waals surface area (Å²) in [6.07, 6.45) is 1.69. The monoisotopic (exact) mass is 326 g/mol. The molecule has 1 aromatic heterocycles. The molecule has 6 heteroatoms. The van der Waals surface area contributed by atoms with Gasteiger partial charge < -0.3 is 15.1 Å². The molecule has 0 unspecified atom stereocenters. The van der Waals surface area contributed by atoms with Crippen LogP contribution < -0.4 is 10.6 Å². The molecule has 0 saturated carbocycles. The zero-order valence-electron chi connectivity index (χ0n) is 10.8. The van der Waals surface area contributed by atoms with Crippen molar-refractivity contribution in [1.29, 1.82) is 0 Å². The highest BCUT2D eigenvalue weighted by Crippen LogP contribution is 2.20. The van der Waals surface area contributed by atoms with Crippen LogP contribution in [0.5, 0.6) is 0 Å². The number of thioether (sulfide) groups is 1. The number of furan rings is 1. The van der Waals surface area contributed by atoms with Gasteiger partial charge in [-0.25, -0.2) is 0 Å². The standard InChI is InChI=1S/C14H15ClN2OS2/c15-12-5-1-2-6-13(12)17-14(19)16-7-9-20-10-11-4-3-8-18-11/h1-6,8H,7,9-10H2,(H2,16,17,19). The number of benzene rings is 1. The molecule has 0 spiro atoms. The maximum atomic E-state index is 6.04. The van der Waals surface area contributed by atoms with Crippen molar-refractivity contribution in [2.75, 3.05) is 17.6 Å². The molecule has 2 rings (SSSR count). The van der Waals surface area contributed by atoms with E-state index >= 15 is 0 Å². The van der Waals surface area contributed by atoms with Gasteiger partial charge in [0.15, 0.2) is 5.11 Å². The van der Waals surface area contributed by atoms with Crippen LogP contribution in [0.1, 0.15) is 5.76 Å². The second-order valence-electron chi connectivity index (χ2n) is 3.99. The van der Waals surface area contributed by atoms with Crippen molar-refractivity contribution in [1.82, 2.24) is 5.32 Å². The number of anilines is 1. The third-order valence-electron chi connectivity index (χ3n) is 2.48. The van der Waals surface area contributed by atoms with E-state index in [0.717, 1.165) is 29.5 Å². The molecule has 1 aromatic carbocycles. The van der Waals surface area contributed by atoms with Gasteiger partial charge in [-0.2, -0.15) is 11.8 Å². The van der Waals surface area contributed by atoms with Crippen molar-refractivity contribution in [3.63, 3.8) is 0 Å². The zero-order valence-corrected chi connectivity index (χ0v) is 13.2. The number of para-hydroxylation sites is 1. The van der Waals surface area contributed by atoms with Crippen molar-refractivity contribution < 1.29 is 4.42 Å². The minimum atomic E-state index is 0.580. The molecule has 0 aliphatic heterocycles. The normalized spacial score (nSPS) is 10.2. The van der Waals surface area contributed by atoms with E-state index in [-0.39, 0.29) is 0 Å². The fourth-order valence-electron chi connectivity index (χ4n) is 1.53. The van der Waals surface area contributed by atoms with Crippen molar-refractivity contribution in [2.45, 2.75) is 5.75 Å². The van der Waals surface area contributed by atoms with Crippen LogP contribution in [-0.4, -0.2) is 17.4 Å². The number of hydrogen-bond donors (Lipinski definition) is 2. The molecule has 1 heterocycles. The lowest BCUT2D eigenvalue weighted by atomic mass is 10.3. The van der Waals surface area contributed by atoms with E-state index in [1.807, 2.05) is 36.4 Å². The second kappa shape index (κ2) is 8.19. The van der Waals surface area contributed by atoms with Crippen LogP contribution in [0.4, 0.5) is 5.69 Å². The van der Waals surface area contributed by atoms with Crippen LogP contribution in [0.25, 0.3) is 0 Å². The minimum Gasteiger partial charge on any atom is -0.468 e. The smallest absolute Gasteiger partial charge is 0.170 e. The molecule has 106 valence electrons. The third kappa shape index (κ3) is 5.07. The zero-order chi connectivity index (χ0) is 14.2. The quantitative estimate of drug-likeness (QED) is 0.616. The molecule has 0 fully saturated rings. The largest absolute Gasteiger partial charge is 0.468 e. The van der Waals surface area contributed by atoms with Gasteiger partial charge in [-0.05, 0) is 36.5 Å². The highest BCUT2D eigenvalue weighted by molar-refractivity contribution is 7.98. The Labute approximate surface area is 133 Å². The Morgan fingerprint density at radius 3 is 2.85 bits per heavy atom. The van der Waals surface area contributed by atoms with E-state index in [2.05, 4.69) is 10.6 Å². The van der Waals surface area contributed by atoms with E-state index in [1.165, 1.54) is 0 Å². The van der Waals surface area contributed by atoms with Crippen LogP contribution in [0.3, 0.4) is 0 Å². The molecule has 0 atom stereocenters. The van der Waals surface area contributed by atoms with Gasteiger partial charge in [-0.3, -0.25) is 0 Å². The average Bonchev–Trinajstić information content (AvgIpc) is 2.94. The molecular weight excluding hydrogens is 312 g/mol. The molecule has 0 aliphatic carbocycles. The lowest BCUT2D eigenvalue weighted by Crippen LogP contribution is -2.30. The molecule has 2 aromatic rings. The van der Waals surface area contributed by atoms with Crippen LogP contribution in [0.2, 0.25) is 5.02 Å². The van der Waals surface area contributed by atoms with Crippen LogP contribution >= 0.6 is 35.6 Å². The predicted octanol–water partition coefficient (Wildman–Crippen LogP) is 4.15. The Bertz CT molecular complexity index is 546. The number of thiocarbonyl (C=S) groups is 1. The summed E-state index contributed by atoms with van der Waals surface area (Å²) in [7, 11) is 0. The van der Waals surface area contributed by atoms with E-state index < -0.39 is 0 Å². The summed E-state index contributed by atoms with van der Waals surface area (Å²) in [4.78, 5) is 0. The first-order valence-corrected chi connectivity index (χ1v) is 8.09. The van der Waals surface area contributed by atoms with Gasteiger partial charge >= 0.3 is 0 Å². The maximum absolute atomic E-state index is 6.04. The Morgan fingerprint density at radius 1 is 1.25 bits per heavy atom. The molecule has 0 bridgehead atoms. The van der Waals surface area contributed by atoms with Gasteiger partial charge in [0.1, 0.15) is 5.76 Å². The summed E-state index contributed by atoms with van der Waals surface area (Å²) < 4.78 is 5.26. The minimum absolute atomic E-state index is 0.580. The Hall–Kier alpha value is -1.17. The van der Waals surface area contributed by atoms with Gasteiger partial charge in [-0.1, -0.05) is 23.7 Å². The van der Waals surface area contributed by atoms with Crippen LogP contribution in [0, 0.1) is 0 Å². The van der Waals surface area contributed by atoms with Gasteiger partial charge in [0.25, 0.3) is 0 Å². The molecule has 20 heavy (non-hydrogen) atoms. The van der Waals surface area contributed by atoms with E-state index in [9.17, 15) is 0 Å². The summed E-state index contributed by atoms with van der Waals surface area (Å²) >= 11 is 13.1. The van der Waals surface area contributed by atoms with Crippen LogP contribution in [0.15, 0.2) is 47.1 Å². The summed E-state index contributed by atoms with van der Waals surface area (Å²) in [6, 6.07) is 11.4. The molecule has 0 saturated heterocycles. The molecule has 0 radical (unpaired) electrons. The highest BCUT2D eigenvalue weighted by Gasteiger charge is 2.01. The first kappa shape index (κ1) is 15.2. The highest BCUT2D eigenvalue weighted by atomic mass is 35.5. The number of hydrogen-bond acceptors (Lipinski definition) is 3. The van der Waals surface area contributed by atoms with E-state index in [0.29, 0.717) is 10.1 Å². The summed E-state index contributed by atoms with van der Waals surface area (Å²) in [5.41, 5.74) is 0.815. The predicted molar refractivity (Wildman–Crippen MR) is 90.5 cm³/mol. The number of halogens is 1. The molecular formula is C14H15ClN2OS2. The fraction of sp³-hybridized carbons (Fsp3) is 0.214. The summed E-state index contributed by atoms with van der Waals surface area (Å²) in [6.45, 7) is 0.793. The van der Waals surface area contributed by atoms with Gasteiger partial charge in [0, 0.05) is 12.3 Å². The molecule has 0 aliphatic rings. The summed E-state index contributed by atoms with van der Waals surface area (Å²) in [5, 5.41) is 7.46. The third-order valence-corrected chi connectivity index (χ3v) is 4.04. The second-order valence-corrected chi connectivity index (χ2v) is 5.91. The van der Waals surface area contributed by atoms with Gasteiger partial charge in [0.2, 0.25) is 0 Å². The lowest BCUT2D eigenvalue weighted by Gasteiger charge is -2.11. The maximum Gasteiger partial charge on any atom is 0.170 e. The van der Waals surface area contributed by atoms with Crippen molar-refractivity contribution in [2.24, 2.45) is 0 Å². The van der Waals surface area contributed by atoms with Crippen molar-refractivity contribution in [3.8, 4) is 0 Å². The number of rotatable bonds is 6. The Kier molecular flexibility index (Phi) is 6.24. The molecule has 3 nitrogen and oxygen atoms in total. The van der Waals surface area contributed by atoms with Crippen LogP contribution in [-0.2, 0) is 5.75 Å². The average molecular weight is 327 g/mol. The summed E-state index contributed by atoms with van der Waals surface area (Å²) in [5.74, 6) is 2.82. The molecule has 2 N–H and O–H groups in total. The lowest BCUT2D eigenvalue weighted by molar-refractivity contribution is 0.530. The van der Waals surface area contributed by atoms with E-state index in [1.54, 1.807) is 18.0 Å². The Balaban J connectivity index is 1.62. The van der Waals surface area contributed by atoms with Crippen molar-refractivity contribution in [3.05, 3.63) is 53.4 Å². The van der Waals surface area contributed by atoms with E-state index in [4.69, 9.17) is 28.2 Å². The first-order valence-electron chi connectivity index (χ1n) is 6.15.